The lowest BCUT2D eigenvalue weighted by molar-refractivity contribution is -0.928. The summed E-state index contributed by atoms with van der Waals surface area (Å²) in [6.45, 7) is 16.1. The van der Waals surface area contributed by atoms with Gasteiger partial charge in [0.2, 0.25) is 0 Å². The van der Waals surface area contributed by atoms with Gasteiger partial charge in [0.25, 0.3) is 0 Å². The van der Waals surface area contributed by atoms with Crippen LogP contribution < -0.4 is 24.0 Å². The van der Waals surface area contributed by atoms with Crippen molar-refractivity contribution >= 4 is 0 Å². The number of likely N-dealkylation sites (N-methyl/N-ethyl adjacent to an activating group) is 2. The molecule has 1 rings (SSSR count). The topological polar surface area (TPSA) is 3.24 Å². The number of hydrogen-bond donors (Lipinski definition) is 0. The van der Waals surface area contributed by atoms with Gasteiger partial charge in [-0.05, 0) is 20.4 Å². The lowest BCUT2D eigenvalue weighted by Crippen LogP contribution is -3.00. The third-order valence-electron chi connectivity index (χ3n) is 3.57. The first-order valence-corrected chi connectivity index (χ1v) is 5.33. The Bertz CT molecular complexity index is 125. The molecule has 0 N–H and O–H groups in total. The number of piperazine rings is 1. The number of quaternary nitrogens is 1. The monoisotopic (exact) mass is 298 g/mol. The molecule has 0 aromatic carbocycles. The molecule has 1 fully saturated rings. The molecule has 80 valence electrons. The van der Waals surface area contributed by atoms with Gasteiger partial charge >= 0.3 is 0 Å². The Kier molecular flexibility index (Phi) is 6.50. The molecule has 0 amide bonds. The molecular formula is C10H23IN2. The highest BCUT2D eigenvalue weighted by Gasteiger charge is 2.28. The van der Waals surface area contributed by atoms with Crippen molar-refractivity contribution in [3.63, 3.8) is 0 Å². The minimum Gasteiger partial charge on any atom is -1.00 e. The van der Waals surface area contributed by atoms with Crippen molar-refractivity contribution in [3.05, 3.63) is 0 Å². The minimum absolute atomic E-state index is 0. The number of halogens is 1. The van der Waals surface area contributed by atoms with E-state index in [4.69, 9.17) is 0 Å². The van der Waals surface area contributed by atoms with Crippen LogP contribution in [0.4, 0.5) is 0 Å². The fourth-order valence-corrected chi connectivity index (χ4v) is 2.10. The van der Waals surface area contributed by atoms with E-state index in [0.717, 1.165) is 0 Å². The van der Waals surface area contributed by atoms with Crippen LogP contribution in [0.25, 0.3) is 0 Å². The molecule has 2 nitrogen and oxygen atoms in total. The van der Waals surface area contributed by atoms with E-state index in [9.17, 15) is 0 Å². The SMILES string of the molecule is CCN1CC[N+](CC)(CC)CC1.[I-]. The van der Waals surface area contributed by atoms with Crippen LogP contribution in [0.5, 0.6) is 0 Å². The zero-order valence-corrected chi connectivity index (χ0v) is 11.4. The fourth-order valence-electron chi connectivity index (χ4n) is 2.10. The van der Waals surface area contributed by atoms with E-state index in [1.54, 1.807) is 0 Å². The van der Waals surface area contributed by atoms with E-state index in [1.807, 2.05) is 0 Å². The average Bonchev–Trinajstić information content (AvgIpc) is 2.18. The van der Waals surface area contributed by atoms with Crippen molar-refractivity contribution < 1.29 is 28.5 Å². The second-order valence-corrected chi connectivity index (χ2v) is 3.86. The van der Waals surface area contributed by atoms with Crippen LogP contribution in [0.15, 0.2) is 0 Å². The molecule has 1 aliphatic rings. The van der Waals surface area contributed by atoms with Crippen molar-refractivity contribution in [1.29, 1.82) is 0 Å². The van der Waals surface area contributed by atoms with Crippen LogP contribution >= 0.6 is 0 Å². The lowest BCUT2D eigenvalue weighted by Gasteiger charge is -2.43. The Hall–Kier alpha value is 0.650. The summed E-state index contributed by atoms with van der Waals surface area (Å²) in [4.78, 5) is 2.56. The predicted octanol–water partition coefficient (Wildman–Crippen LogP) is -1.82. The van der Waals surface area contributed by atoms with Crippen LogP contribution in [0.2, 0.25) is 0 Å². The molecule has 0 radical (unpaired) electrons. The summed E-state index contributed by atoms with van der Waals surface area (Å²) in [6.07, 6.45) is 0. The molecule has 0 saturated carbocycles. The molecule has 0 atom stereocenters. The normalized spacial score (nSPS) is 22.4. The first kappa shape index (κ1) is 13.7. The van der Waals surface area contributed by atoms with Crippen LogP contribution in [0.1, 0.15) is 20.8 Å². The Morgan fingerprint density at radius 1 is 1.00 bits per heavy atom. The maximum atomic E-state index is 2.56. The van der Waals surface area contributed by atoms with Crippen molar-refractivity contribution in [2.75, 3.05) is 45.8 Å². The van der Waals surface area contributed by atoms with Gasteiger partial charge in [-0.2, -0.15) is 0 Å². The number of hydrogen-bond acceptors (Lipinski definition) is 1. The third-order valence-corrected chi connectivity index (χ3v) is 3.57. The second-order valence-electron chi connectivity index (χ2n) is 3.86. The maximum absolute atomic E-state index is 2.56. The highest BCUT2D eigenvalue weighted by molar-refractivity contribution is 4.61. The van der Waals surface area contributed by atoms with Crippen molar-refractivity contribution in [3.8, 4) is 0 Å². The fraction of sp³-hybridized carbons (Fsp3) is 1.00. The van der Waals surface area contributed by atoms with E-state index >= 15 is 0 Å². The summed E-state index contributed by atoms with van der Waals surface area (Å²) in [5.74, 6) is 0. The molecule has 0 unspecified atom stereocenters. The molecule has 1 aliphatic heterocycles. The van der Waals surface area contributed by atoms with E-state index in [1.165, 1.54) is 50.3 Å². The van der Waals surface area contributed by atoms with Gasteiger partial charge in [-0.25, -0.2) is 0 Å². The third kappa shape index (κ3) is 3.36. The molecular weight excluding hydrogens is 275 g/mol. The number of rotatable bonds is 3. The quantitative estimate of drug-likeness (QED) is 0.438. The molecule has 1 saturated heterocycles. The maximum Gasteiger partial charge on any atom is 0.0916 e. The van der Waals surface area contributed by atoms with Gasteiger partial charge in [0.15, 0.2) is 0 Å². The Morgan fingerprint density at radius 2 is 1.46 bits per heavy atom. The molecule has 0 bridgehead atoms. The predicted molar refractivity (Wildman–Crippen MR) is 53.2 cm³/mol. The van der Waals surface area contributed by atoms with E-state index in [2.05, 4.69) is 25.7 Å². The summed E-state index contributed by atoms with van der Waals surface area (Å²) in [5, 5.41) is 0. The van der Waals surface area contributed by atoms with Gasteiger partial charge in [-0.1, -0.05) is 6.92 Å². The zero-order valence-electron chi connectivity index (χ0n) is 9.22. The first-order chi connectivity index (χ1) is 5.76. The lowest BCUT2D eigenvalue weighted by atomic mass is 10.2. The summed E-state index contributed by atoms with van der Waals surface area (Å²) in [7, 11) is 0. The molecule has 1 heterocycles. The summed E-state index contributed by atoms with van der Waals surface area (Å²) >= 11 is 0. The van der Waals surface area contributed by atoms with Crippen LogP contribution in [-0.4, -0.2) is 55.2 Å². The average molecular weight is 298 g/mol. The van der Waals surface area contributed by atoms with Gasteiger partial charge in [-0.15, -0.1) is 0 Å². The van der Waals surface area contributed by atoms with Crippen LogP contribution in [-0.2, 0) is 0 Å². The van der Waals surface area contributed by atoms with Gasteiger partial charge in [0.05, 0.1) is 26.2 Å². The standard InChI is InChI=1S/C10H23N2.HI/c1-4-11-7-9-12(5-2,6-3)10-8-11;/h4-10H2,1-3H3;1H/q+1;/p-1. The second kappa shape index (κ2) is 6.19. The summed E-state index contributed by atoms with van der Waals surface area (Å²) in [5.41, 5.74) is 0. The Morgan fingerprint density at radius 3 is 1.77 bits per heavy atom. The highest BCUT2D eigenvalue weighted by Crippen LogP contribution is 2.11. The molecule has 3 heteroatoms. The summed E-state index contributed by atoms with van der Waals surface area (Å²) in [6, 6.07) is 0. The molecule has 0 aromatic rings. The first-order valence-electron chi connectivity index (χ1n) is 5.33. The van der Waals surface area contributed by atoms with Crippen molar-refractivity contribution in [2.24, 2.45) is 0 Å². The Balaban J connectivity index is 0.00000144. The van der Waals surface area contributed by atoms with E-state index < -0.39 is 0 Å². The smallest absolute Gasteiger partial charge is 0.0916 e. The molecule has 0 aliphatic carbocycles. The van der Waals surface area contributed by atoms with Crippen molar-refractivity contribution in [1.82, 2.24) is 4.90 Å². The highest BCUT2D eigenvalue weighted by atomic mass is 127. The van der Waals surface area contributed by atoms with Gasteiger partial charge in [-0.3, -0.25) is 4.90 Å². The van der Waals surface area contributed by atoms with Gasteiger partial charge in [0, 0.05) is 13.1 Å². The number of nitrogens with zero attached hydrogens (tertiary/aromatic N) is 2. The van der Waals surface area contributed by atoms with E-state index in [-0.39, 0.29) is 24.0 Å². The van der Waals surface area contributed by atoms with Gasteiger partial charge in [0.1, 0.15) is 0 Å². The van der Waals surface area contributed by atoms with Crippen LogP contribution in [0, 0.1) is 0 Å². The Labute approximate surface area is 99.9 Å². The summed E-state index contributed by atoms with van der Waals surface area (Å²) < 4.78 is 1.34. The molecule has 0 aromatic heterocycles. The van der Waals surface area contributed by atoms with Crippen LogP contribution in [0.3, 0.4) is 0 Å². The van der Waals surface area contributed by atoms with E-state index in [0.29, 0.717) is 0 Å². The van der Waals surface area contributed by atoms with Gasteiger partial charge < -0.3 is 28.5 Å². The molecule has 13 heavy (non-hydrogen) atoms. The largest absolute Gasteiger partial charge is 1.00 e. The minimum atomic E-state index is 0. The zero-order chi connectivity index (χ0) is 9.03. The van der Waals surface area contributed by atoms with Crippen molar-refractivity contribution in [2.45, 2.75) is 20.8 Å². The molecule has 0 spiro atoms.